The molecule has 6 heteroatoms. The lowest BCUT2D eigenvalue weighted by atomic mass is 10.2. The van der Waals surface area contributed by atoms with Gasteiger partial charge in [-0.3, -0.25) is 10.4 Å². The van der Waals surface area contributed by atoms with E-state index in [4.69, 9.17) is 23.2 Å². The molecule has 26 heavy (non-hydrogen) atoms. The van der Waals surface area contributed by atoms with Crippen molar-refractivity contribution < 1.29 is 0 Å². The maximum Gasteiger partial charge on any atom is 0.0751 e. The molecular weight excluding hydrogens is 367 g/mol. The molecule has 0 radical (unpaired) electrons. The first kappa shape index (κ1) is 18.5. The Morgan fingerprint density at radius 3 is 2.46 bits per heavy atom. The largest absolute Gasteiger partial charge is 0.369 e. The molecule has 0 aliphatic rings. The Labute approximate surface area is 163 Å². The number of nitrogens with zero attached hydrogens (tertiary/aromatic N) is 3. The monoisotopic (exact) mass is 386 g/mol. The third-order valence-electron chi connectivity index (χ3n) is 3.96. The molecule has 134 valence electrons. The van der Waals surface area contributed by atoms with Crippen LogP contribution in [0.15, 0.2) is 65.9 Å². The summed E-state index contributed by atoms with van der Waals surface area (Å²) in [5.74, 6) is 1.15. The van der Waals surface area contributed by atoms with Crippen molar-refractivity contribution in [3.63, 3.8) is 0 Å². The van der Waals surface area contributed by atoms with E-state index in [0.717, 1.165) is 40.9 Å². The number of fused-ring (bicyclic) bond motifs is 1. The van der Waals surface area contributed by atoms with Crippen LogP contribution in [0.5, 0.6) is 0 Å². The Morgan fingerprint density at radius 2 is 1.73 bits per heavy atom. The van der Waals surface area contributed by atoms with Crippen molar-refractivity contribution in [2.75, 3.05) is 35.2 Å². The minimum Gasteiger partial charge on any atom is -0.369 e. The highest BCUT2D eigenvalue weighted by molar-refractivity contribution is 6.18. The second-order valence-electron chi connectivity index (χ2n) is 5.74. The molecule has 1 aromatic heterocycles. The zero-order chi connectivity index (χ0) is 18.2. The van der Waals surface area contributed by atoms with Gasteiger partial charge in [-0.05, 0) is 29.8 Å². The Bertz CT molecular complexity index is 859. The molecule has 0 bridgehead atoms. The first-order chi connectivity index (χ1) is 12.8. The van der Waals surface area contributed by atoms with E-state index in [1.807, 2.05) is 42.5 Å². The van der Waals surface area contributed by atoms with Gasteiger partial charge in [0.25, 0.3) is 0 Å². The number of nitrogens with one attached hydrogen (secondary N) is 1. The van der Waals surface area contributed by atoms with Crippen molar-refractivity contribution in [3.05, 3.63) is 66.4 Å². The topological polar surface area (TPSA) is 40.5 Å². The van der Waals surface area contributed by atoms with E-state index in [0.29, 0.717) is 11.8 Å². The summed E-state index contributed by atoms with van der Waals surface area (Å²) in [5.41, 5.74) is 6.96. The highest BCUT2D eigenvalue weighted by Crippen LogP contribution is 2.17. The lowest BCUT2D eigenvalue weighted by molar-refractivity contribution is 0.874. The van der Waals surface area contributed by atoms with Gasteiger partial charge in [0.1, 0.15) is 0 Å². The fourth-order valence-corrected chi connectivity index (χ4v) is 3.07. The number of alkyl halides is 2. The molecule has 0 atom stereocenters. The Morgan fingerprint density at radius 1 is 1.00 bits per heavy atom. The zero-order valence-corrected chi connectivity index (χ0v) is 15.8. The highest BCUT2D eigenvalue weighted by atomic mass is 35.5. The number of hydrazone groups is 1. The number of halogens is 2. The maximum atomic E-state index is 5.86. The molecule has 0 saturated heterocycles. The van der Waals surface area contributed by atoms with Gasteiger partial charge in [0.05, 0.1) is 23.6 Å². The molecule has 4 nitrogen and oxygen atoms in total. The summed E-state index contributed by atoms with van der Waals surface area (Å²) >= 11 is 11.7. The van der Waals surface area contributed by atoms with E-state index in [1.54, 1.807) is 12.4 Å². The molecule has 1 heterocycles. The van der Waals surface area contributed by atoms with Crippen LogP contribution in [0.4, 0.5) is 11.4 Å². The normalized spacial score (nSPS) is 11.2. The van der Waals surface area contributed by atoms with E-state index in [-0.39, 0.29) is 0 Å². The summed E-state index contributed by atoms with van der Waals surface area (Å²) in [7, 11) is 0. The summed E-state index contributed by atoms with van der Waals surface area (Å²) in [5, 5.41) is 5.37. The summed E-state index contributed by atoms with van der Waals surface area (Å²) in [4.78, 5) is 6.58. The average Bonchev–Trinajstić information content (AvgIpc) is 2.68. The van der Waals surface area contributed by atoms with Gasteiger partial charge in [0.2, 0.25) is 0 Å². The summed E-state index contributed by atoms with van der Waals surface area (Å²) < 4.78 is 0. The van der Waals surface area contributed by atoms with Crippen molar-refractivity contribution in [2.45, 2.75) is 0 Å². The minimum atomic E-state index is 0.573. The van der Waals surface area contributed by atoms with Crippen molar-refractivity contribution in [1.29, 1.82) is 0 Å². The first-order valence-electron chi connectivity index (χ1n) is 8.41. The number of pyridine rings is 1. The van der Waals surface area contributed by atoms with Crippen LogP contribution in [-0.2, 0) is 0 Å². The van der Waals surface area contributed by atoms with E-state index in [9.17, 15) is 0 Å². The fourth-order valence-electron chi connectivity index (χ4n) is 2.66. The fraction of sp³-hybridized carbons (Fsp3) is 0.200. The number of anilines is 2. The molecule has 0 aliphatic heterocycles. The smallest absolute Gasteiger partial charge is 0.0751 e. The number of benzene rings is 2. The van der Waals surface area contributed by atoms with Gasteiger partial charge in [-0.15, -0.1) is 23.2 Å². The van der Waals surface area contributed by atoms with Gasteiger partial charge in [-0.2, -0.15) is 5.10 Å². The lowest BCUT2D eigenvalue weighted by Gasteiger charge is -2.22. The van der Waals surface area contributed by atoms with E-state index >= 15 is 0 Å². The maximum absolute atomic E-state index is 5.86. The molecule has 1 N–H and O–H groups in total. The van der Waals surface area contributed by atoms with Gasteiger partial charge in [-0.25, -0.2) is 0 Å². The van der Waals surface area contributed by atoms with Crippen LogP contribution in [0.3, 0.4) is 0 Å². The molecule has 3 aromatic rings. The van der Waals surface area contributed by atoms with Crippen LogP contribution >= 0.6 is 23.2 Å². The van der Waals surface area contributed by atoms with E-state index in [2.05, 4.69) is 32.5 Å². The molecule has 0 fully saturated rings. The van der Waals surface area contributed by atoms with Gasteiger partial charge in [0, 0.05) is 35.9 Å². The van der Waals surface area contributed by atoms with Crippen molar-refractivity contribution in [1.82, 2.24) is 4.98 Å². The van der Waals surface area contributed by atoms with Crippen LogP contribution in [0.2, 0.25) is 0 Å². The Hall–Kier alpha value is -2.30. The number of aromatic nitrogens is 1. The third kappa shape index (κ3) is 4.87. The summed E-state index contributed by atoms with van der Waals surface area (Å²) in [6.45, 7) is 1.55. The van der Waals surface area contributed by atoms with Crippen LogP contribution in [0.1, 0.15) is 5.56 Å². The van der Waals surface area contributed by atoms with E-state index in [1.165, 1.54) is 0 Å². The lowest BCUT2D eigenvalue weighted by Crippen LogP contribution is -2.27. The molecule has 0 saturated carbocycles. The molecule has 3 rings (SSSR count). The van der Waals surface area contributed by atoms with Crippen molar-refractivity contribution in [3.8, 4) is 0 Å². The highest BCUT2D eigenvalue weighted by Gasteiger charge is 2.04. The predicted octanol–water partition coefficient (Wildman–Crippen LogP) is 4.96. The van der Waals surface area contributed by atoms with Gasteiger partial charge in [-0.1, -0.05) is 30.3 Å². The number of para-hydroxylation sites is 1. The van der Waals surface area contributed by atoms with Crippen LogP contribution in [-0.4, -0.2) is 36.0 Å². The van der Waals surface area contributed by atoms with Crippen LogP contribution in [0, 0.1) is 0 Å². The second-order valence-corrected chi connectivity index (χ2v) is 6.50. The number of hydrogen-bond donors (Lipinski definition) is 1. The molecule has 0 unspecified atom stereocenters. The minimum absolute atomic E-state index is 0.573. The zero-order valence-electron chi connectivity index (χ0n) is 14.3. The third-order valence-corrected chi connectivity index (χ3v) is 4.30. The Balaban J connectivity index is 1.64. The van der Waals surface area contributed by atoms with Gasteiger partial charge < -0.3 is 4.90 Å². The molecule has 0 aliphatic carbocycles. The number of rotatable bonds is 8. The first-order valence-corrected chi connectivity index (χ1v) is 9.48. The average molecular weight is 387 g/mol. The molecule has 0 amide bonds. The second kappa shape index (κ2) is 9.41. The van der Waals surface area contributed by atoms with Gasteiger partial charge >= 0.3 is 0 Å². The molecular formula is C20H20Cl2N4. The van der Waals surface area contributed by atoms with E-state index < -0.39 is 0 Å². The quantitative estimate of drug-likeness (QED) is 0.337. The summed E-state index contributed by atoms with van der Waals surface area (Å²) in [6, 6.07) is 18.2. The number of hydrogen-bond acceptors (Lipinski definition) is 4. The van der Waals surface area contributed by atoms with Crippen molar-refractivity contribution >= 4 is 51.7 Å². The molecule has 2 aromatic carbocycles. The Kier molecular flexibility index (Phi) is 6.69. The summed E-state index contributed by atoms with van der Waals surface area (Å²) in [6.07, 6.45) is 3.56. The predicted molar refractivity (Wildman–Crippen MR) is 113 cm³/mol. The van der Waals surface area contributed by atoms with Crippen molar-refractivity contribution in [2.24, 2.45) is 5.10 Å². The van der Waals surface area contributed by atoms with Gasteiger partial charge in [0.15, 0.2) is 0 Å². The molecule has 0 spiro atoms. The standard InChI is InChI=1S/C20H20Cl2N4/c21-9-11-26(12-10-22)19-7-5-16(6-8-19)14-24-25-18-13-17-3-1-2-4-20(17)23-15-18/h1-8,13-15,25H,9-12H2. The SMILES string of the molecule is ClCCN(CCCl)c1ccc(C=NNc2cnc3ccccc3c2)cc1. The van der Waals surface area contributed by atoms with Crippen LogP contribution in [0.25, 0.3) is 10.9 Å². The van der Waals surface area contributed by atoms with Crippen LogP contribution < -0.4 is 10.3 Å².